The molecule has 0 aliphatic rings. The molecule has 0 aliphatic heterocycles. The zero-order valence-corrected chi connectivity index (χ0v) is 8.35. The molecule has 1 rings (SSSR count). The van der Waals surface area contributed by atoms with Gasteiger partial charge in [-0.05, 0) is 17.6 Å². The van der Waals surface area contributed by atoms with Gasteiger partial charge in [-0.1, -0.05) is 6.07 Å². The third-order valence-electron chi connectivity index (χ3n) is 1.93. The molecule has 0 atom stereocenters. The maximum absolute atomic E-state index is 13.2. The van der Waals surface area contributed by atoms with E-state index < -0.39 is 18.8 Å². The molecule has 0 saturated heterocycles. The summed E-state index contributed by atoms with van der Waals surface area (Å²) in [6.07, 6.45) is 0. The molecule has 0 saturated carbocycles. The van der Waals surface area contributed by atoms with Gasteiger partial charge in [0.1, 0.15) is 5.82 Å². The van der Waals surface area contributed by atoms with E-state index in [0.29, 0.717) is 0 Å². The van der Waals surface area contributed by atoms with Gasteiger partial charge in [-0.25, -0.2) is 4.39 Å². The Kier molecular flexibility index (Phi) is 4.42. The quantitative estimate of drug-likeness (QED) is 0.458. The predicted molar refractivity (Wildman–Crippen MR) is 55.6 cm³/mol. The van der Waals surface area contributed by atoms with Gasteiger partial charge in [0.2, 0.25) is 0 Å². The van der Waals surface area contributed by atoms with Gasteiger partial charge in [0.05, 0.1) is 12.2 Å². The first-order valence-corrected chi connectivity index (χ1v) is 4.61. The summed E-state index contributed by atoms with van der Waals surface area (Å²) in [5.74, 6) is -1.48. The minimum atomic E-state index is -1.76. The van der Waals surface area contributed by atoms with Crippen molar-refractivity contribution in [1.29, 1.82) is 0 Å². The van der Waals surface area contributed by atoms with E-state index in [4.69, 9.17) is 15.2 Å². The molecule has 86 valence electrons. The zero-order chi connectivity index (χ0) is 12.1. The number of benzene rings is 1. The third-order valence-corrected chi connectivity index (χ3v) is 1.93. The van der Waals surface area contributed by atoms with Crippen LogP contribution in [0.25, 0.3) is 0 Å². The molecule has 4 N–H and O–H groups in total. The molecule has 7 heteroatoms. The Hall–Kier alpha value is -1.44. The first-order valence-electron chi connectivity index (χ1n) is 4.61. The fourth-order valence-electron chi connectivity index (χ4n) is 1.14. The van der Waals surface area contributed by atoms with Gasteiger partial charge in [-0.15, -0.1) is 0 Å². The predicted octanol–water partition coefficient (Wildman–Crippen LogP) is -1.77. The molecule has 0 spiro atoms. The van der Waals surface area contributed by atoms with E-state index in [2.05, 4.69) is 5.32 Å². The highest BCUT2D eigenvalue weighted by Gasteiger charge is 2.17. The molecular weight excluding hydrogens is 216 g/mol. The lowest BCUT2D eigenvalue weighted by Crippen LogP contribution is -2.33. The SMILES string of the molecule is O=C(NCCO)c1cc(B(O)O)ccc1F. The van der Waals surface area contributed by atoms with Crippen LogP contribution in [0.2, 0.25) is 0 Å². The van der Waals surface area contributed by atoms with Crippen LogP contribution in [0.4, 0.5) is 4.39 Å². The summed E-state index contributed by atoms with van der Waals surface area (Å²) in [5.41, 5.74) is -0.269. The lowest BCUT2D eigenvalue weighted by atomic mass is 9.79. The number of amides is 1. The second kappa shape index (κ2) is 5.59. The number of aliphatic hydroxyl groups is 1. The van der Waals surface area contributed by atoms with E-state index >= 15 is 0 Å². The molecule has 16 heavy (non-hydrogen) atoms. The molecule has 0 heterocycles. The summed E-state index contributed by atoms with van der Waals surface area (Å²) in [6, 6.07) is 3.19. The van der Waals surface area contributed by atoms with Crippen molar-refractivity contribution in [3.8, 4) is 0 Å². The number of carbonyl (C=O) groups is 1. The molecule has 0 aromatic heterocycles. The van der Waals surface area contributed by atoms with Gasteiger partial charge in [0.25, 0.3) is 5.91 Å². The Bertz CT molecular complexity index is 386. The highest BCUT2D eigenvalue weighted by atomic mass is 19.1. The van der Waals surface area contributed by atoms with Gasteiger partial charge in [0.15, 0.2) is 0 Å². The van der Waals surface area contributed by atoms with E-state index in [1.54, 1.807) is 0 Å². The number of hydrogen-bond donors (Lipinski definition) is 4. The monoisotopic (exact) mass is 227 g/mol. The second-order valence-electron chi connectivity index (χ2n) is 3.09. The maximum atomic E-state index is 13.2. The van der Waals surface area contributed by atoms with Crippen molar-refractivity contribution in [2.75, 3.05) is 13.2 Å². The van der Waals surface area contributed by atoms with Gasteiger partial charge in [0, 0.05) is 6.54 Å². The van der Waals surface area contributed by atoms with Crippen molar-refractivity contribution in [2.45, 2.75) is 0 Å². The van der Waals surface area contributed by atoms with Gasteiger partial charge < -0.3 is 20.5 Å². The molecular formula is C9H11BFNO4. The highest BCUT2D eigenvalue weighted by molar-refractivity contribution is 6.58. The lowest BCUT2D eigenvalue weighted by Gasteiger charge is -2.06. The van der Waals surface area contributed by atoms with Crippen LogP contribution in [0.15, 0.2) is 18.2 Å². The van der Waals surface area contributed by atoms with Crippen LogP contribution in [0.5, 0.6) is 0 Å². The van der Waals surface area contributed by atoms with Crippen molar-refractivity contribution in [3.63, 3.8) is 0 Å². The van der Waals surface area contributed by atoms with Crippen LogP contribution in [-0.2, 0) is 0 Å². The maximum Gasteiger partial charge on any atom is 0.488 e. The molecule has 1 amide bonds. The smallest absolute Gasteiger partial charge is 0.423 e. The summed E-state index contributed by atoms with van der Waals surface area (Å²) in [7, 11) is -1.76. The van der Waals surface area contributed by atoms with E-state index in [0.717, 1.165) is 12.1 Å². The van der Waals surface area contributed by atoms with E-state index in [1.165, 1.54) is 6.07 Å². The minimum absolute atomic E-state index is 0.00415. The number of nitrogens with one attached hydrogen (secondary N) is 1. The Balaban J connectivity index is 2.93. The van der Waals surface area contributed by atoms with Crippen molar-refractivity contribution in [2.24, 2.45) is 0 Å². The number of rotatable bonds is 4. The molecule has 0 radical (unpaired) electrons. The summed E-state index contributed by atoms with van der Waals surface area (Å²) >= 11 is 0. The molecule has 0 fully saturated rings. The normalized spacial score (nSPS) is 10.0. The Labute approximate surface area is 91.7 Å². The Morgan fingerprint density at radius 3 is 2.69 bits per heavy atom. The van der Waals surface area contributed by atoms with Crippen LogP contribution in [0.1, 0.15) is 10.4 Å². The molecule has 5 nitrogen and oxygen atoms in total. The lowest BCUT2D eigenvalue weighted by molar-refractivity contribution is 0.0941. The number of hydrogen-bond acceptors (Lipinski definition) is 4. The van der Waals surface area contributed by atoms with Crippen molar-refractivity contribution in [3.05, 3.63) is 29.6 Å². The van der Waals surface area contributed by atoms with Crippen LogP contribution >= 0.6 is 0 Å². The summed E-state index contributed by atoms with van der Waals surface area (Å²) in [5, 5.41) is 28.5. The summed E-state index contributed by atoms with van der Waals surface area (Å²) in [6.45, 7) is -0.250. The van der Waals surface area contributed by atoms with E-state index in [1.807, 2.05) is 0 Å². The van der Waals surface area contributed by atoms with Crippen molar-refractivity contribution >= 4 is 18.5 Å². The van der Waals surface area contributed by atoms with Crippen LogP contribution in [0, 0.1) is 5.82 Å². The minimum Gasteiger partial charge on any atom is -0.423 e. The first-order chi connectivity index (χ1) is 7.56. The summed E-state index contributed by atoms with van der Waals surface area (Å²) < 4.78 is 13.2. The first kappa shape index (κ1) is 12.6. The fraction of sp³-hybridized carbons (Fsp3) is 0.222. The van der Waals surface area contributed by atoms with E-state index in [-0.39, 0.29) is 24.2 Å². The van der Waals surface area contributed by atoms with Crippen LogP contribution < -0.4 is 10.8 Å². The second-order valence-corrected chi connectivity index (χ2v) is 3.09. The molecule has 0 aliphatic carbocycles. The topological polar surface area (TPSA) is 89.8 Å². The van der Waals surface area contributed by atoms with Crippen molar-refractivity contribution in [1.82, 2.24) is 5.32 Å². The zero-order valence-electron chi connectivity index (χ0n) is 8.35. The Morgan fingerprint density at radius 2 is 2.12 bits per heavy atom. The number of halogens is 1. The molecule has 1 aromatic rings. The van der Waals surface area contributed by atoms with Gasteiger partial charge in [-0.2, -0.15) is 0 Å². The molecule has 0 bridgehead atoms. The molecule has 0 unspecified atom stereocenters. The average Bonchev–Trinajstić information content (AvgIpc) is 2.26. The standard InChI is InChI=1S/C9H11BFNO4/c11-8-2-1-6(10(15)16)5-7(8)9(14)12-3-4-13/h1-2,5,13,15-16H,3-4H2,(H,12,14). The Morgan fingerprint density at radius 1 is 1.44 bits per heavy atom. The van der Waals surface area contributed by atoms with E-state index in [9.17, 15) is 9.18 Å². The fourth-order valence-corrected chi connectivity index (χ4v) is 1.14. The highest BCUT2D eigenvalue weighted by Crippen LogP contribution is 2.04. The number of carbonyl (C=O) groups excluding carboxylic acids is 1. The average molecular weight is 227 g/mol. The number of aliphatic hydroxyl groups excluding tert-OH is 1. The van der Waals surface area contributed by atoms with Crippen LogP contribution in [0.3, 0.4) is 0 Å². The van der Waals surface area contributed by atoms with Gasteiger partial charge in [-0.3, -0.25) is 4.79 Å². The molecule has 1 aromatic carbocycles. The van der Waals surface area contributed by atoms with Gasteiger partial charge >= 0.3 is 7.12 Å². The van der Waals surface area contributed by atoms with Crippen molar-refractivity contribution < 1.29 is 24.3 Å². The summed E-state index contributed by atoms with van der Waals surface area (Å²) in [4.78, 5) is 11.4. The third kappa shape index (κ3) is 3.03. The van der Waals surface area contributed by atoms with Crippen LogP contribution in [-0.4, -0.2) is 41.3 Å². The largest absolute Gasteiger partial charge is 0.488 e.